The van der Waals surface area contributed by atoms with Gasteiger partial charge in [-0.2, -0.15) is 4.57 Å². The van der Waals surface area contributed by atoms with E-state index >= 15 is 0 Å². The van der Waals surface area contributed by atoms with E-state index in [4.69, 9.17) is 18.9 Å². The van der Waals surface area contributed by atoms with Crippen molar-refractivity contribution in [3.63, 3.8) is 0 Å². The largest absolute Gasteiger partial charge is 1.00 e. The predicted octanol–water partition coefficient (Wildman–Crippen LogP) is 2.02. The molecule has 5 nitrogen and oxygen atoms in total. The van der Waals surface area contributed by atoms with E-state index in [-0.39, 0.29) is 36.6 Å². The summed E-state index contributed by atoms with van der Waals surface area (Å²) in [5.41, 5.74) is 5.93. The van der Waals surface area contributed by atoms with Crippen LogP contribution >= 0.6 is 0 Å². The average Bonchev–Trinajstić information content (AvgIpc) is 3.32. The zero-order valence-corrected chi connectivity index (χ0v) is 21.7. The fraction of sp³-hybridized carbons (Fsp3) is 0.250. The molecule has 4 aromatic rings. The highest BCUT2D eigenvalue weighted by atomic mass is 127. The highest BCUT2D eigenvalue weighted by Gasteiger charge is 2.32. The lowest BCUT2D eigenvalue weighted by molar-refractivity contribution is -0.686. The molecule has 0 unspecified atom stereocenters. The van der Waals surface area contributed by atoms with Crippen LogP contribution < -0.4 is 47.5 Å². The smallest absolute Gasteiger partial charge is 0.231 e. The van der Waals surface area contributed by atoms with Crippen LogP contribution in [-0.2, 0) is 25.8 Å². The van der Waals surface area contributed by atoms with Crippen molar-refractivity contribution in [2.24, 2.45) is 0 Å². The number of benzene rings is 3. The van der Waals surface area contributed by atoms with Gasteiger partial charge in [-0.15, -0.1) is 0 Å². The molecule has 2 aliphatic rings. The monoisotopic (exact) mass is 585 g/mol. The molecule has 3 heterocycles. The Bertz CT molecular complexity index is 1420. The van der Waals surface area contributed by atoms with Crippen molar-refractivity contribution in [1.82, 2.24) is 0 Å². The molecule has 6 rings (SSSR count). The summed E-state index contributed by atoms with van der Waals surface area (Å²) in [7, 11) is 3.33. The number of ether oxygens (including phenoxy) is 4. The van der Waals surface area contributed by atoms with E-state index in [0.717, 1.165) is 59.4 Å². The first-order valence-corrected chi connectivity index (χ1v) is 11.4. The van der Waals surface area contributed by atoms with Gasteiger partial charge in [0.2, 0.25) is 12.5 Å². The number of fused-ring (bicyclic) bond motifs is 5. The highest BCUT2D eigenvalue weighted by molar-refractivity contribution is 5.95. The Hall–Kier alpha value is -3.07. The van der Waals surface area contributed by atoms with Gasteiger partial charge < -0.3 is 42.9 Å². The van der Waals surface area contributed by atoms with Gasteiger partial charge in [0.1, 0.15) is 5.82 Å². The van der Waals surface area contributed by atoms with Crippen molar-refractivity contribution in [2.45, 2.75) is 25.8 Å². The lowest BCUT2D eigenvalue weighted by Crippen LogP contribution is -3.00. The van der Waals surface area contributed by atoms with Crippen LogP contribution in [0.4, 0.5) is 4.39 Å². The maximum Gasteiger partial charge on any atom is 0.231 e. The van der Waals surface area contributed by atoms with Crippen LogP contribution in [0.25, 0.3) is 22.0 Å². The second-order valence-corrected chi connectivity index (χ2v) is 8.65. The van der Waals surface area contributed by atoms with Crippen LogP contribution in [0.15, 0.2) is 54.7 Å². The molecule has 0 saturated heterocycles. The van der Waals surface area contributed by atoms with Crippen molar-refractivity contribution >= 4 is 10.8 Å². The van der Waals surface area contributed by atoms with Gasteiger partial charge >= 0.3 is 0 Å². The van der Waals surface area contributed by atoms with Crippen molar-refractivity contribution in [3.8, 4) is 34.3 Å². The first-order chi connectivity index (χ1) is 16.7. The van der Waals surface area contributed by atoms with Gasteiger partial charge in [-0.1, -0.05) is 12.1 Å². The molecular formula is C28H25FINO4. The molecule has 1 aromatic heterocycles. The number of pyridine rings is 1. The van der Waals surface area contributed by atoms with Crippen LogP contribution in [0.3, 0.4) is 0 Å². The molecule has 0 saturated carbocycles. The first kappa shape index (κ1) is 23.7. The maximum absolute atomic E-state index is 13.5. The third-order valence-electron chi connectivity index (χ3n) is 6.82. The minimum atomic E-state index is -0.219. The summed E-state index contributed by atoms with van der Waals surface area (Å²) in [4.78, 5) is 0. The zero-order valence-electron chi connectivity index (χ0n) is 19.6. The molecule has 35 heavy (non-hydrogen) atoms. The molecule has 0 amide bonds. The van der Waals surface area contributed by atoms with Gasteiger partial charge in [0.15, 0.2) is 35.7 Å². The topological polar surface area (TPSA) is 40.8 Å². The molecule has 0 radical (unpaired) electrons. The number of halogens is 2. The Kier molecular flexibility index (Phi) is 6.44. The number of methoxy groups -OCH3 is 2. The molecule has 3 aromatic carbocycles. The Morgan fingerprint density at radius 2 is 1.69 bits per heavy atom. The van der Waals surface area contributed by atoms with Gasteiger partial charge in [-0.05, 0) is 60.4 Å². The number of hydrogen-bond donors (Lipinski definition) is 0. The molecule has 180 valence electrons. The van der Waals surface area contributed by atoms with Crippen molar-refractivity contribution in [2.75, 3.05) is 21.0 Å². The second-order valence-electron chi connectivity index (χ2n) is 8.65. The Morgan fingerprint density at radius 1 is 0.914 bits per heavy atom. The van der Waals surface area contributed by atoms with Crippen molar-refractivity contribution in [3.05, 3.63) is 77.2 Å². The average molecular weight is 585 g/mol. The quantitative estimate of drug-likeness (QED) is 0.266. The Labute approximate surface area is 220 Å². The summed E-state index contributed by atoms with van der Waals surface area (Å²) in [6, 6.07) is 15.0. The predicted molar refractivity (Wildman–Crippen MR) is 126 cm³/mol. The minimum Gasteiger partial charge on any atom is -1.00 e. The van der Waals surface area contributed by atoms with Crippen molar-refractivity contribution in [1.29, 1.82) is 0 Å². The van der Waals surface area contributed by atoms with Crippen LogP contribution in [0.5, 0.6) is 23.0 Å². The third-order valence-corrected chi connectivity index (χ3v) is 6.82. The van der Waals surface area contributed by atoms with Gasteiger partial charge in [-0.3, -0.25) is 0 Å². The summed E-state index contributed by atoms with van der Waals surface area (Å²) < 4.78 is 38.5. The molecule has 2 aliphatic heterocycles. The lowest BCUT2D eigenvalue weighted by atomic mass is 9.89. The molecule has 0 aliphatic carbocycles. The standard InChI is InChI=1S/C28H25FNO4.HI/c1-31-24-10-9-20-21(8-5-17-3-6-19(29)7-4-17)27-22-14-26-25(33-16-34-26)13-18(22)11-12-30(27)15-23(20)28(24)32-2;/h3-4,6-7,9-10,13-15H,5,8,11-12,16H2,1-2H3;1H/q+1;/p-1. The summed E-state index contributed by atoms with van der Waals surface area (Å²) in [6.07, 6.45) is 4.65. The Morgan fingerprint density at radius 3 is 2.43 bits per heavy atom. The summed E-state index contributed by atoms with van der Waals surface area (Å²) in [5.74, 6) is 2.81. The molecule has 0 fully saturated rings. The number of hydrogen-bond acceptors (Lipinski definition) is 4. The SMILES string of the molecule is COc1ccc2c(CCc3ccc(F)cc3)c3[n+](cc2c1OC)CCc1cc2c(cc1-3)OCO2.[I-]. The van der Waals surface area contributed by atoms with E-state index in [1.54, 1.807) is 14.2 Å². The molecule has 0 N–H and O–H groups in total. The number of aromatic nitrogens is 1. The third kappa shape index (κ3) is 4.05. The van der Waals surface area contributed by atoms with E-state index in [0.29, 0.717) is 5.75 Å². The maximum atomic E-state index is 13.5. The summed E-state index contributed by atoms with van der Waals surface area (Å²) in [6.45, 7) is 1.10. The first-order valence-electron chi connectivity index (χ1n) is 11.4. The molecule has 7 heteroatoms. The number of rotatable bonds is 5. The highest BCUT2D eigenvalue weighted by Crippen LogP contribution is 2.43. The molecule has 0 spiro atoms. The van der Waals surface area contributed by atoms with Gasteiger partial charge in [0, 0.05) is 17.4 Å². The second kappa shape index (κ2) is 9.53. The number of nitrogens with zero attached hydrogens (tertiary/aromatic N) is 1. The van der Waals surface area contributed by atoms with E-state index in [9.17, 15) is 4.39 Å². The van der Waals surface area contributed by atoms with Crippen LogP contribution in [-0.4, -0.2) is 21.0 Å². The van der Waals surface area contributed by atoms with Crippen LogP contribution in [0, 0.1) is 5.82 Å². The minimum absolute atomic E-state index is 0. The summed E-state index contributed by atoms with van der Waals surface area (Å²) in [5, 5.41) is 2.14. The Balaban J connectivity index is 0.00000253. The van der Waals surface area contributed by atoms with Crippen molar-refractivity contribution < 1.29 is 51.9 Å². The van der Waals surface area contributed by atoms with E-state index in [1.807, 2.05) is 18.2 Å². The van der Waals surface area contributed by atoms with E-state index < -0.39 is 0 Å². The van der Waals surface area contributed by atoms with Crippen LogP contribution in [0.1, 0.15) is 16.7 Å². The fourth-order valence-corrected chi connectivity index (χ4v) is 5.18. The van der Waals surface area contributed by atoms with Gasteiger partial charge in [0.05, 0.1) is 25.2 Å². The van der Waals surface area contributed by atoms with Crippen LogP contribution in [0.2, 0.25) is 0 Å². The van der Waals surface area contributed by atoms with E-state index in [2.05, 4.69) is 29.0 Å². The van der Waals surface area contributed by atoms with Gasteiger partial charge in [-0.25, -0.2) is 4.39 Å². The molecule has 0 atom stereocenters. The lowest BCUT2D eigenvalue weighted by Gasteiger charge is -2.21. The normalized spacial score (nSPS) is 13.1. The molecule has 0 bridgehead atoms. The fourth-order valence-electron chi connectivity index (χ4n) is 5.18. The van der Waals surface area contributed by atoms with E-state index in [1.165, 1.54) is 34.5 Å². The zero-order chi connectivity index (χ0) is 23.2. The summed E-state index contributed by atoms with van der Waals surface area (Å²) >= 11 is 0. The van der Waals surface area contributed by atoms with Gasteiger partial charge in [0.25, 0.3) is 0 Å². The molecular weight excluding hydrogens is 560 g/mol. The number of aryl methyl sites for hydroxylation is 4.